The number of hydrogen-bond acceptors (Lipinski definition) is 4. The highest BCUT2D eigenvalue weighted by atomic mass is 16.5. The average Bonchev–Trinajstić information content (AvgIpc) is 2.89. The third-order valence-corrected chi connectivity index (χ3v) is 3.11. The SMILES string of the molecule is COC(=O)C(CNCc1ccn(C)n1)c1ccccc1. The van der Waals surface area contributed by atoms with Crippen molar-refractivity contribution in [1.82, 2.24) is 15.1 Å². The first kappa shape index (κ1) is 14.3. The van der Waals surface area contributed by atoms with Crippen LogP contribution in [0.2, 0.25) is 0 Å². The normalized spacial score (nSPS) is 12.1. The average molecular weight is 273 g/mol. The molecule has 0 aliphatic carbocycles. The molecular formula is C15H19N3O2. The highest BCUT2D eigenvalue weighted by Gasteiger charge is 2.20. The van der Waals surface area contributed by atoms with E-state index in [0.717, 1.165) is 11.3 Å². The van der Waals surface area contributed by atoms with Crippen molar-refractivity contribution in [2.75, 3.05) is 13.7 Å². The van der Waals surface area contributed by atoms with Gasteiger partial charge in [-0.05, 0) is 11.6 Å². The van der Waals surface area contributed by atoms with Gasteiger partial charge in [0.05, 0.1) is 18.7 Å². The van der Waals surface area contributed by atoms with E-state index in [9.17, 15) is 4.79 Å². The first-order valence-electron chi connectivity index (χ1n) is 6.52. The van der Waals surface area contributed by atoms with Crippen molar-refractivity contribution in [2.45, 2.75) is 12.5 Å². The van der Waals surface area contributed by atoms with Crippen molar-refractivity contribution in [2.24, 2.45) is 7.05 Å². The first-order valence-corrected chi connectivity index (χ1v) is 6.52. The van der Waals surface area contributed by atoms with Crippen molar-refractivity contribution in [3.8, 4) is 0 Å². The number of ether oxygens (including phenoxy) is 1. The van der Waals surface area contributed by atoms with E-state index in [1.807, 2.05) is 49.6 Å². The molecule has 0 saturated carbocycles. The summed E-state index contributed by atoms with van der Waals surface area (Å²) in [6.45, 7) is 1.15. The lowest BCUT2D eigenvalue weighted by atomic mass is 9.99. The third-order valence-electron chi connectivity index (χ3n) is 3.11. The van der Waals surface area contributed by atoms with Crippen molar-refractivity contribution >= 4 is 5.97 Å². The van der Waals surface area contributed by atoms with Gasteiger partial charge in [0.1, 0.15) is 0 Å². The molecule has 0 bridgehead atoms. The summed E-state index contributed by atoms with van der Waals surface area (Å²) in [5.41, 5.74) is 1.90. The van der Waals surface area contributed by atoms with Crippen LogP contribution in [0.5, 0.6) is 0 Å². The Morgan fingerprint density at radius 3 is 2.70 bits per heavy atom. The van der Waals surface area contributed by atoms with Crippen LogP contribution >= 0.6 is 0 Å². The highest BCUT2D eigenvalue weighted by molar-refractivity contribution is 5.78. The molecule has 0 aliphatic heterocycles. The molecule has 20 heavy (non-hydrogen) atoms. The van der Waals surface area contributed by atoms with Gasteiger partial charge in [-0.15, -0.1) is 0 Å². The first-order chi connectivity index (χ1) is 9.70. The molecule has 0 fully saturated rings. The summed E-state index contributed by atoms with van der Waals surface area (Å²) in [6.07, 6.45) is 1.89. The summed E-state index contributed by atoms with van der Waals surface area (Å²) >= 11 is 0. The largest absolute Gasteiger partial charge is 0.469 e. The molecule has 0 spiro atoms. The molecule has 0 amide bonds. The van der Waals surface area contributed by atoms with Crippen LogP contribution in [-0.4, -0.2) is 29.4 Å². The Morgan fingerprint density at radius 1 is 1.35 bits per heavy atom. The van der Waals surface area contributed by atoms with E-state index in [4.69, 9.17) is 4.74 Å². The van der Waals surface area contributed by atoms with Gasteiger partial charge >= 0.3 is 5.97 Å². The van der Waals surface area contributed by atoms with Gasteiger partial charge in [-0.3, -0.25) is 9.48 Å². The van der Waals surface area contributed by atoms with Crippen molar-refractivity contribution in [3.05, 3.63) is 53.9 Å². The predicted molar refractivity (Wildman–Crippen MR) is 76.1 cm³/mol. The lowest BCUT2D eigenvalue weighted by molar-refractivity contribution is -0.142. The van der Waals surface area contributed by atoms with E-state index in [2.05, 4.69) is 10.4 Å². The van der Waals surface area contributed by atoms with Gasteiger partial charge in [0.2, 0.25) is 0 Å². The zero-order chi connectivity index (χ0) is 14.4. The van der Waals surface area contributed by atoms with Gasteiger partial charge < -0.3 is 10.1 Å². The Balaban J connectivity index is 1.96. The molecule has 0 saturated heterocycles. The molecule has 2 rings (SSSR count). The fourth-order valence-corrected chi connectivity index (χ4v) is 2.07. The van der Waals surface area contributed by atoms with E-state index in [0.29, 0.717) is 13.1 Å². The Labute approximate surface area is 118 Å². The summed E-state index contributed by atoms with van der Waals surface area (Å²) in [5, 5.41) is 7.54. The Bertz CT molecular complexity index is 551. The van der Waals surface area contributed by atoms with Crippen molar-refractivity contribution < 1.29 is 9.53 Å². The van der Waals surface area contributed by atoms with Crippen molar-refractivity contribution in [3.63, 3.8) is 0 Å². The summed E-state index contributed by atoms with van der Waals surface area (Å²) in [4.78, 5) is 11.9. The number of nitrogens with zero attached hydrogens (tertiary/aromatic N) is 2. The zero-order valence-electron chi connectivity index (χ0n) is 11.7. The topological polar surface area (TPSA) is 56.1 Å². The van der Waals surface area contributed by atoms with Crippen LogP contribution < -0.4 is 5.32 Å². The zero-order valence-corrected chi connectivity index (χ0v) is 11.7. The summed E-state index contributed by atoms with van der Waals surface area (Å²) in [7, 11) is 3.29. The molecule has 5 nitrogen and oxygen atoms in total. The van der Waals surface area contributed by atoms with E-state index < -0.39 is 0 Å². The maximum Gasteiger partial charge on any atom is 0.314 e. The molecule has 1 aromatic heterocycles. The minimum atomic E-state index is -0.301. The summed E-state index contributed by atoms with van der Waals surface area (Å²) in [5.74, 6) is -0.533. The molecule has 2 aromatic rings. The van der Waals surface area contributed by atoms with Gasteiger partial charge in [-0.1, -0.05) is 30.3 Å². The number of nitrogens with one attached hydrogen (secondary N) is 1. The second kappa shape index (κ2) is 6.86. The van der Waals surface area contributed by atoms with Crippen LogP contribution in [0, 0.1) is 0 Å². The van der Waals surface area contributed by atoms with E-state index in [-0.39, 0.29) is 11.9 Å². The summed E-state index contributed by atoms with van der Waals surface area (Å²) in [6, 6.07) is 11.6. The molecule has 1 heterocycles. The van der Waals surface area contributed by atoms with Crippen LogP contribution in [0.4, 0.5) is 0 Å². The molecule has 1 atom stereocenters. The molecular weight excluding hydrogens is 254 g/mol. The Kier molecular flexibility index (Phi) is 4.90. The van der Waals surface area contributed by atoms with Crippen molar-refractivity contribution in [1.29, 1.82) is 0 Å². The van der Waals surface area contributed by atoms with Gasteiger partial charge in [-0.25, -0.2) is 0 Å². The second-order valence-corrected chi connectivity index (χ2v) is 4.60. The summed E-state index contributed by atoms with van der Waals surface area (Å²) < 4.78 is 6.63. The van der Waals surface area contributed by atoms with E-state index in [1.165, 1.54) is 7.11 Å². The van der Waals surface area contributed by atoms with Crippen LogP contribution in [0.3, 0.4) is 0 Å². The Hall–Kier alpha value is -2.14. The Morgan fingerprint density at radius 2 is 2.10 bits per heavy atom. The molecule has 5 heteroatoms. The molecule has 1 aromatic carbocycles. The molecule has 1 unspecified atom stereocenters. The fraction of sp³-hybridized carbons (Fsp3) is 0.333. The van der Waals surface area contributed by atoms with Gasteiger partial charge in [0.25, 0.3) is 0 Å². The highest BCUT2D eigenvalue weighted by Crippen LogP contribution is 2.16. The number of methoxy groups -OCH3 is 1. The smallest absolute Gasteiger partial charge is 0.314 e. The molecule has 0 radical (unpaired) electrons. The second-order valence-electron chi connectivity index (χ2n) is 4.60. The van der Waals surface area contributed by atoms with Gasteiger partial charge in [-0.2, -0.15) is 5.10 Å². The standard InChI is InChI=1S/C15H19N3O2/c1-18-9-8-13(17-18)10-16-11-14(15(19)20-2)12-6-4-3-5-7-12/h3-9,14,16H,10-11H2,1-2H3. The quantitative estimate of drug-likeness (QED) is 0.810. The predicted octanol–water partition coefficient (Wildman–Crippen LogP) is 1.47. The van der Waals surface area contributed by atoms with Crippen LogP contribution in [0.1, 0.15) is 17.2 Å². The van der Waals surface area contributed by atoms with Crippen LogP contribution in [0.25, 0.3) is 0 Å². The van der Waals surface area contributed by atoms with Gasteiger partial charge in [0.15, 0.2) is 0 Å². The van der Waals surface area contributed by atoms with E-state index in [1.54, 1.807) is 4.68 Å². The minimum absolute atomic E-state index is 0.232. The molecule has 1 N–H and O–H groups in total. The number of aromatic nitrogens is 2. The maximum atomic E-state index is 11.9. The van der Waals surface area contributed by atoms with Gasteiger partial charge in [0, 0.05) is 26.3 Å². The maximum absolute atomic E-state index is 11.9. The monoisotopic (exact) mass is 273 g/mol. The lowest BCUT2D eigenvalue weighted by Crippen LogP contribution is -2.27. The van der Waals surface area contributed by atoms with Crippen LogP contribution in [0.15, 0.2) is 42.6 Å². The number of hydrogen-bond donors (Lipinski definition) is 1. The number of aryl methyl sites for hydroxylation is 1. The minimum Gasteiger partial charge on any atom is -0.469 e. The number of carbonyl (C=O) groups excluding carboxylic acids is 1. The number of rotatable bonds is 6. The molecule has 0 aliphatic rings. The lowest BCUT2D eigenvalue weighted by Gasteiger charge is -2.15. The fourth-order valence-electron chi connectivity index (χ4n) is 2.07. The third kappa shape index (κ3) is 3.68. The molecule has 106 valence electrons. The van der Waals surface area contributed by atoms with Crippen LogP contribution in [-0.2, 0) is 23.1 Å². The number of esters is 1. The number of benzene rings is 1. The van der Waals surface area contributed by atoms with E-state index >= 15 is 0 Å². The number of carbonyl (C=O) groups is 1.